The number of amides is 1. The molecule has 0 aliphatic rings. The molecule has 0 unspecified atom stereocenters. The van der Waals surface area contributed by atoms with Crippen LogP contribution in [0.1, 0.15) is 9.67 Å². The summed E-state index contributed by atoms with van der Waals surface area (Å²) in [5.74, 6) is -0.324. The summed E-state index contributed by atoms with van der Waals surface area (Å²) < 4.78 is 0.964. The van der Waals surface area contributed by atoms with E-state index in [1.54, 1.807) is 6.20 Å². The number of fused-ring (bicyclic) bond motifs is 1. The topological polar surface area (TPSA) is 54.0 Å². The third kappa shape index (κ3) is 3.06. The molecule has 1 aromatic carbocycles. The van der Waals surface area contributed by atoms with Crippen LogP contribution >= 0.6 is 46.5 Å². The van der Waals surface area contributed by atoms with Gasteiger partial charge in [0.2, 0.25) is 0 Å². The number of rotatable bonds is 2. The van der Waals surface area contributed by atoms with Crippen LogP contribution in [0.5, 0.6) is 0 Å². The maximum Gasteiger partial charge on any atom is 0.269 e. The van der Waals surface area contributed by atoms with Gasteiger partial charge in [0, 0.05) is 21.7 Å². The van der Waals surface area contributed by atoms with Gasteiger partial charge in [-0.25, -0.2) is 4.98 Å². The molecule has 0 bridgehead atoms. The van der Waals surface area contributed by atoms with Crippen LogP contribution < -0.4 is 10.6 Å². The zero-order valence-corrected chi connectivity index (χ0v) is 13.6. The summed E-state index contributed by atoms with van der Waals surface area (Å²) in [5, 5.41) is 9.41. The van der Waals surface area contributed by atoms with E-state index in [-0.39, 0.29) is 11.0 Å². The van der Waals surface area contributed by atoms with Crippen LogP contribution in [0.25, 0.3) is 10.1 Å². The average molecular weight is 354 g/mol. The number of aromatic nitrogens is 1. The molecule has 0 atom stereocenters. The lowest BCUT2D eigenvalue weighted by atomic mass is 10.2. The van der Waals surface area contributed by atoms with Crippen LogP contribution in [0.4, 0.5) is 5.13 Å². The SMILES string of the molecule is O=C(NC(=S)Nc1nccs1)c1sc2ccccc2c1Cl. The van der Waals surface area contributed by atoms with Gasteiger partial charge < -0.3 is 5.32 Å². The molecule has 2 N–H and O–H groups in total. The largest absolute Gasteiger partial charge is 0.308 e. The monoisotopic (exact) mass is 353 g/mol. The van der Waals surface area contributed by atoms with Gasteiger partial charge in [0.15, 0.2) is 10.2 Å². The van der Waals surface area contributed by atoms with Gasteiger partial charge in [0.1, 0.15) is 4.88 Å². The third-order valence-corrected chi connectivity index (χ3v) is 5.19. The Balaban J connectivity index is 1.77. The first kappa shape index (κ1) is 14.4. The quantitative estimate of drug-likeness (QED) is 0.680. The molecule has 0 fully saturated rings. The Labute approximate surface area is 138 Å². The van der Waals surface area contributed by atoms with E-state index < -0.39 is 0 Å². The summed E-state index contributed by atoms with van der Waals surface area (Å²) in [6.45, 7) is 0. The van der Waals surface area contributed by atoms with Gasteiger partial charge in [-0.2, -0.15) is 0 Å². The van der Waals surface area contributed by atoms with Gasteiger partial charge in [-0.15, -0.1) is 22.7 Å². The number of thiazole rings is 1. The van der Waals surface area contributed by atoms with Gasteiger partial charge in [-0.1, -0.05) is 29.8 Å². The molecule has 106 valence electrons. The highest BCUT2D eigenvalue weighted by Gasteiger charge is 2.17. The number of anilines is 1. The summed E-state index contributed by atoms with van der Waals surface area (Å²) >= 11 is 14.1. The minimum absolute atomic E-state index is 0.198. The van der Waals surface area contributed by atoms with E-state index in [2.05, 4.69) is 15.6 Å². The van der Waals surface area contributed by atoms with Crippen LogP contribution in [-0.2, 0) is 0 Å². The predicted molar refractivity (Wildman–Crippen MR) is 92.6 cm³/mol. The molecule has 0 saturated heterocycles. The number of hydrogen-bond acceptors (Lipinski definition) is 5. The number of halogens is 1. The molecule has 8 heteroatoms. The van der Waals surface area contributed by atoms with E-state index >= 15 is 0 Å². The van der Waals surface area contributed by atoms with Crippen molar-refractivity contribution in [2.24, 2.45) is 0 Å². The van der Waals surface area contributed by atoms with E-state index in [4.69, 9.17) is 23.8 Å². The molecular formula is C13H8ClN3OS3. The molecule has 0 aliphatic heterocycles. The smallest absolute Gasteiger partial charge is 0.269 e. The molecule has 2 aromatic heterocycles. The molecule has 4 nitrogen and oxygen atoms in total. The first-order chi connectivity index (χ1) is 10.1. The lowest BCUT2D eigenvalue weighted by molar-refractivity contribution is 0.0982. The lowest BCUT2D eigenvalue weighted by Gasteiger charge is -2.05. The van der Waals surface area contributed by atoms with Gasteiger partial charge in [0.25, 0.3) is 5.91 Å². The van der Waals surface area contributed by atoms with Crippen molar-refractivity contribution in [1.82, 2.24) is 10.3 Å². The molecule has 1 amide bonds. The Morgan fingerprint density at radius 2 is 2.14 bits per heavy atom. The Morgan fingerprint density at radius 1 is 1.33 bits per heavy atom. The highest BCUT2D eigenvalue weighted by molar-refractivity contribution is 7.80. The van der Waals surface area contributed by atoms with Crippen molar-refractivity contribution in [3.63, 3.8) is 0 Å². The predicted octanol–water partition coefficient (Wildman–Crippen LogP) is 4.14. The molecule has 0 spiro atoms. The Bertz CT molecular complexity index is 813. The fourth-order valence-corrected chi connectivity index (χ4v) is 3.93. The van der Waals surface area contributed by atoms with Crippen molar-refractivity contribution in [2.75, 3.05) is 5.32 Å². The number of carbonyl (C=O) groups is 1. The van der Waals surface area contributed by atoms with Crippen molar-refractivity contribution < 1.29 is 4.79 Å². The number of thiophene rings is 1. The van der Waals surface area contributed by atoms with Crippen molar-refractivity contribution in [2.45, 2.75) is 0 Å². The number of thiocarbonyl (C=S) groups is 1. The number of nitrogens with zero attached hydrogens (tertiary/aromatic N) is 1. The van der Waals surface area contributed by atoms with Gasteiger partial charge in [-0.3, -0.25) is 10.1 Å². The van der Waals surface area contributed by atoms with E-state index in [0.717, 1.165) is 10.1 Å². The van der Waals surface area contributed by atoms with Crippen LogP contribution in [0.3, 0.4) is 0 Å². The average Bonchev–Trinajstić information content (AvgIpc) is 3.07. The second-order valence-corrected chi connectivity index (χ2v) is 6.72. The van der Waals surface area contributed by atoms with Crippen molar-refractivity contribution in [1.29, 1.82) is 0 Å². The molecule has 0 saturated carbocycles. The number of carbonyl (C=O) groups excluding carboxylic acids is 1. The summed E-state index contributed by atoms with van der Waals surface area (Å²) in [5.41, 5.74) is 0. The zero-order chi connectivity index (χ0) is 14.8. The van der Waals surface area contributed by atoms with Crippen LogP contribution in [0, 0.1) is 0 Å². The third-order valence-electron chi connectivity index (χ3n) is 2.62. The summed E-state index contributed by atoms with van der Waals surface area (Å²) in [6, 6.07) is 7.61. The number of hydrogen-bond donors (Lipinski definition) is 2. The lowest BCUT2D eigenvalue weighted by Crippen LogP contribution is -2.33. The Hall–Kier alpha value is -1.54. The minimum atomic E-state index is -0.324. The van der Waals surface area contributed by atoms with Crippen LogP contribution in [0.2, 0.25) is 5.02 Å². The van der Waals surface area contributed by atoms with E-state index in [1.807, 2.05) is 29.6 Å². The summed E-state index contributed by atoms with van der Waals surface area (Å²) in [4.78, 5) is 16.7. The number of benzene rings is 1. The van der Waals surface area contributed by atoms with Gasteiger partial charge in [-0.05, 0) is 18.3 Å². The highest BCUT2D eigenvalue weighted by Crippen LogP contribution is 2.34. The fraction of sp³-hybridized carbons (Fsp3) is 0. The summed E-state index contributed by atoms with van der Waals surface area (Å²) in [6.07, 6.45) is 1.65. The normalized spacial score (nSPS) is 10.5. The highest BCUT2D eigenvalue weighted by atomic mass is 35.5. The maximum absolute atomic E-state index is 12.2. The van der Waals surface area contributed by atoms with E-state index in [9.17, 15) is 4.79 Å². The van der Waals surface area contributed by atoms with Crippen molar-refractivity contribution in [3.8, 4) is 0 Å². The van der Waals surface area contributed by atoms with E-state index in [0.29, 0.717) is 15.0 Å². The standard InChI is InChI=1S/C13H8ClN3OS3/c14-9-7-3-1-2-4-8(7)21-10(9)11(18)16-12(19)17-13-15-5-6-20-13/h1-6H,(H2,15,16,17,18,19). The maximum atomic E-state index is 12.2. The molecule has 21 heavy (non-hydrogen) atoms. The van der Waals surface area contributed by atoms with Crippen LogP contribution in [0.15, 0.2) is 35.8 Å². The van der Waals surface area contributed by atoms with Crippen LogP contribution in [-0.4, -0.2) is 16.0 Å². The van der Waals surface area contributed by atoms with Gasteiger partial charge >= 0.3 is 0 Å². The Kier molecular flexibility index (Phi) is 4.16. The first-order valence-corrected chi connectivity index (χ1v) is 8.32. The second-order valence-electron chi connectivity index (χ2n) is 3.99. The number of nitrogens with one attached hydrogen (secondary N) is 2. The minimum Gasteiger partial charge on any atom is -0.308 e. The zero-order valence-electron chi connectivity index (χ0n) is 10.4. The molecule has 3 rings (SSSR count). The fourth-order valence-electron chi connectivity index (χ4n) is 1.73. The molecule has 3 aromatic rings. The second kappa shape index (κ2) is 6.07. The summed E-state index contributed by atoms with van der Waals surface area (Å²) in [7, 11) is 0. The molecule has 0 radical (unpaired) electrons. The van der Waals surface area contributed by atoms with Crippen molar-refractivity contribution in [3.05, 3.63) is 45.7 Å². The van der Waals surface area contributed by atoms with Gasteiger partial charge in [0.05, 0.1) is 5.02 Å². The Morgan fingerprint density at radius 3 is 2.86 bits per heavy atom. The molecular weight excluding hydrogens is 346 g/mol. The van der Waals surface area contributed by atoms with Crippen molar-refractivity contribution >= 4 is 72.7 Å². The molecule has 0 aliphatic carbocycles. The first-order valence-electron chi connectivity index (χ1n) is 5.84. The van der Waals surface area contributed by atoms with E-state index in [1.165, 1.54) is 22.7 Å². The molecule has 2 heterocycles.